The van der Waals surface area contributed by atoms with E-state index >= 15 is 0 Å². The average Bonchev–Trinajstić information content (AvgIpc) is 2.15. The van der Waals surface area contributed by atoms with Crippen LogP contribution in [-0.2, 0) is 0 Å². The molecule has 0 aliphatic heterocycles. The first-order chi connectivity index (χ1) is 6.91. The highest BCUT2D eigenvalue weighted by atomic mass is 19.2. The molecule has 0 bridgehead atoms. The van der Waals surface area contributed by atoms with Crippen LogP contribution in [0.4, 0.5) is 18.9 Å². The Kier molecular flexibility index (Phi) is 2.74. The van der Waals surface area contributed by atoms with Gasteiger partial charge in [0.25, 0.3) is 0 Å². The van der Waals surface area contributed by atoms with Gasteiger partial charge in [-0.05, 0) is 0 Å². The van der Waals surface area contributed by atoms with Gasteiger partial charge in [-0.1, -0.05) is 0 Å². The molecular formula is C8H6F3NO3. The molecule has 3 N–H and O–H groups in total. The van der Waals surface area contributed by atoms with E-state index in [1.807, 2.05) is 0 Å². The molecule has 0 spiro atoms. The van der Waals surface area contributed by atoms with Crippen molar-refractivity contribution in [2.24, 2.45) is 0 Å². The number of methoxy groups -OCH3 is 1. The number of nitrogens with two attached hydrogens (primary N) is 1. The molecule has 0 aliphatic carbocycles. The lowest BCUT2D eigenvalue weighted by atomic mass is 10.1. The van der Waals surface area contributed by atoms with Gasteiger partial charge in [0.05, 0.1) is 7.11 Å². The topological polar surface area (TPSA) is 72.5 Å². The molecule has 0 amide bonds. The second-order valence-corrected chi connectivity index (χ2v) is 2.57. The first kappa shape index (κ1) is 11.2. The summed E-state index contributed by atoms with van der Waals surface area (Å²) in [5.41, 5.74) is 2.65. The molecule has 1 aromatic rings. The third kappa shape index (κ3) is 1.56. The Bertz CT molecular complexity index is 434. The van der Waals surface area contributed by atoms with Crippen molar-refractivity contribution >= 4 is 11.7 Å². The van der Waals surface area contributed by atoms with Gasteiger partial charge in [0.2, 0.25) is 0 Å². The van der Waals surface area contributed by atoms with Crippen molar-refractivity contribution in [3.63, 3.8) is 0 Å². The number of carboxylic acid groups (broad SMARTS) is 1. The summed E-state index contributed by atoms with van der Waals surface area (Å²) in [6.45, 7) is 0. The molecule has 82 valence electrons. The van der Waals surface area contributed by atoms with Crippen molar-refractivity contribution < 1.29 is 27.8 Å². The molecule has 0 aliphatic rings. The van der Waals surface area contributed by atoms with Gasteiger partial charge in [0.15, 0.2) is 23.2 Å². The van der Waals surface area contributed by atoms with Crippen LogP contribution in [0.5, 0.6) is 5.75 Å². The smallest absolute Gasteiger partial charge is 0.341 e. The molecule has 15 heavy (non-hydrogen) atoms. The summed E-state index contributed by atoms with van der Waals surface area (Å²) < 4.78 is 43.5. The zero-order chi connectivity index (χ0) is 11.7. The number of anilines is 1. The van der Waals surface area contributed by atoms with Gasteiger partial charge in [-0.15, -0.1) is 0 Å². The van der Waals surface area contributed by atoms with Gasteiger partial charge >= 0.3 is 5.97 Å². The van der Waals surface area contributed by atoms with Crippen LogP contribution in [0, 0.1) is 17.5 Å². The van der Waals surface area contributed by atoms with Crippen molar-refractivity contribution in [1.29, 1.82) is 0 Å². The van der Waals surface area contributed by atoms with Crippen LogP contribution in [0.2, 0.25) is 0 Å². The normalized spacial score (nSPS) is 10.1. The number of ether oxygens (including phenoxy) is 1. The minimum absolute atomic E-state index is 0.827. The summed E-state index contributed by atoms with van der Waals surface area (Å²) in [6, 6.07) is 0. The Hall–Kier alpha value is -1.92. The van der Waals surface area contributed by atoms with E-state index in [1.54, 1.807) is 0 Å². The first-order valence-corrected chi connectivity index (χ1v) is 3.65. The van der Waals surface area contributed by atoms with Crippen LogP contribution in [0.15, 0.2) is 0 Å². The van der Waals surface area contributed by atoms with Crippen molar-refractivity contribution in [3.8, 4) is 5.75 Å². The monoisotopic (exact) mass is 221 g/mol. The van der Waals surface area contributed by atoms with Gasteiger partial charge in [-0.3, -0.25) is 0 Å². The summed E-state index contributed by atoms with van der Waals surface area (Å²) >= 11 is 0. The maximum Gasteiger partial charge on any atom is 0.341 e. The number of hydrogen-bond acceptors (Lipinski definition) is 3. The van der Waals surface area contributed by atoms with E-state index < -0.39 is 40.4 Å². The third-order valence-corrected chi connectivity index (χ3v) is 1.73. The van der Waals surface area contributed by atoms with Gasteiger partial charge in [0.1, 0.15) is 11.3 Å². The van der Waals surface area contributed by atoms with E-state index in [4.69, 9.17) is 10.8 Å². The van der Waals surface area contributed by atoms with Gasteiger partial charge in [-0.25, -0.2) is 18.0 Å². The summed E-state index contributed by atoms with van der Waals surface area (Å²) in [6.07, 6.45) is 0. The fourth-order valence-corrected chi connectivity index (χ4v) is 1.04. The SMILES string of the molecule is COc1c(N)c(F)c(F)c(C(=O)O)c1F. The fraction of sp³-hybridized carbons (Fsp3) is 0.125. The summed E-state index contributed by atoms with van der Waals surface area (Å²) in [4.78, 5) is 10.4. The first-order valence-electron chi connectivity index (χ1n) is 3.65. The van der Waals surface area contributed by atoms with Crippen LogP contribution in [-0.4, -0.2) is 18.2 Å². The number of aromatic carboxylic acids is 1. The molecule has 0 fully saturated rings. The van der Waals surface area contributed by atoms with Crippen molar-refractivity contribution in [2.45, 2.75) is 0 Å². The predicted octanol–water partition coefficient (Wildman–Crippen LogP) is 1.39. The van der Waals surface area contributed by atoms with E-state index in [1.165, 1.54) is 0 Å². The maximum atomic E-state index is 13.2. The third-order valence-electron chi connectivity index (χ3n) is 1.73. The Morgan fingerprint density at radius 3 is 2.20 bits per heavy atom. The molecule has 1 aromatic carbocycles. The average molecular weight is 221 g/mol. The molecule has 4 nitrogen and oxygen atoms in total. The predicted molar refractivity (Wildman–Crippen MR) is 44.2 cm³/mol. The fourth-order valence-electron chi connectivity index (χ4n) is 1.04. The molecular weight excluding hydrogens is 215 g/mol. The quantitative estimate of drug-likeness (QED) is 0.584. The number of halogens is 3. The number of rotatable bonds is 2. The molecule has 0 atom stereocenters. The Labute approximate surface area is 82.1 Å². The molecule has 7 heteroatoms. The highest BCUT2D eigenvalue weighted by Gasteiger charge is 2.28. The van der Waals surface area contributed by atoms with Crippen molar-refractivity contribution in [2.75, 3.05) is 12.8 Å². The Balaban J connectivity index is 3.68. The molecule has 0 aromatic heterocycles. The number of nitrogen functional groups attached to an aromatic ring is 1. The largest absolute Gasteiger partial charge is 0.491 e. The standard InChI is InChI=1S/C8H6F3NO3/c1-15-7-4(10)2(8(13)14)3(9)5(11)6(7)12/h12H2,1H3,(H,13,14). The highest BCUT2D eigenvalue weighted by molar-refractivity contribution is 5.90. The number of benzene rings is 1. The van der Waals surface area contributed by atoms with Crippen LogP contribution >= 0.6 is 0 Å². The molecule has 0 unspecified atom stereocenters. The molecule has 0 radical (unpaired) electrons. The number of carboxylic acids is 1. The van der Waals surface area contributed by atoms with E-state index in [0.717, 1.165) is 7.11 Å². The molecule has 1 rings (SSSR count). The maximum absolute atomic E-state index is 13.2. The molecule has 0 saturated carbocycles. The lowest BCUT2D eigenvalue weighted by molar-refractivity contribution is 0.0684. The Morgan fingerprint density at radius 1 is 1.27 bits per heavy atom. The lowest BCUT2D eigenvalue weighted by Gasteiger charge is -2.09. The summed E-state index contributed by atoms with van der Waals surface area (Å²) in [5.74, 6) is -7.81. The minimum atomic E-state index is -1.94. The molecule has 0 saturated heterocycles. The van der Waals surface area contributed by atoms with Gasteiger partial charge < -0.3 is 15.6 Å². The summed E-state index contributed by atoms with van der Waals surface area (Å²) in [7, 11) is 0.956. The Morgan fingerprint density at radius 2 is 1.80 bits per heavy atom. The van der Waals surface area contributed by atoms with E-state index in [9.17, 15) is 18.0 Å². The second-order valence-electron chi connectivity index (χ2n) is 2.57. The zero-order valence-corrected chi connectivity index (χ0v) is 7.47. The van der Waals surface area contributed by atoms with E-state index in [0.29, 0.717) is 0 Å². The lowest BCUT2D eigenvalue weighted by Crippen LogP contribution is -2.11. The van der Waals surface area contributed by atoms with Crippen LogP contribution in [0.3, 0.4) is 0 Å². The summed E-state index contributed by atoms with van der Waals surface area (Å²) in [5, 5.41) is 8.44. The van der Waals surface area contributed by atoms with Crippen LogP contribution in [0.1, 0.15) is 10.4 Å². The van der Waals surface area contributed by atoms with Gasteiger partial charge in [-0.2, -0.15) is 0 Å². The van der Waals surface area contributed by atoms with E-state index in [-0.39, 0.29) is 0 Å². The van der Waals surface area contributed by atoms with Crippen molar-refractivity contribution in [3.05, 3.63) is 23.0 Å². The van der Waals surface area contributed by atoms with E-state index in [2.05, 4.69) is 4.74 Å². The number of hydrogen-bond donors (Lipinski definition) is 2. The number of carbonyl (C=O) groups is 1. The molecule has 0 heterocycles. The van der Waals surface area contributed by atoms with Crippen LogP contribution in [0.25, 0.3) is 0 Å². The second kappa shape index (κ2) is 3.68. The van der Waals surface area contributed by atoms with Gasteiger partial charge in [0, 0.05) is 0 Å². The van der Waals surface area contributed by atoms with Crippen LogP contribution < -0.4 is 10.5 Å². The van der Waals surface area contributed by atoms with Crippen molar-refractivity contribution in [1.82, 2.24) is 0 Å². The minimum Gasteiger partial charge on any atom is -0.491 e. The highest BCUT2D eigenvalue weighted by Crippen LogP contribution is 2.33. The zero-order valence-electron chi connectivity index (χ0n) is 7.47.